The van der Waals surface area contributed by atoms with Crippen molar-refractivity contribution in [3.63, 3.8) is 0 Å². The highest BCUT2D eigenvalue weighted by atomic mass is 35.5. The van der Waals surface area contributed by atoms with Gasteiger partial charge in [-0.15, -0.1) is 0 Å². The number of halogens is 1. The van der Waals surface area contributed by atoms with Crippen LogP contribution in [0, 0.1) is 24.0 Å². The molecule has 0 saturated carbocycles. The molecule has 9 heteroatoms. The number of hydrogen-bond donors (Lipinski definition) is 1. The Labute approximate surface area is 147 Å². The molecule has 0 unspecified atom stereocenters. The SMILES string of the molecule is Cc1cc(OCC(=O)NN=Cc2ccc([N+](=O)[O-])s2)cc(C)c1Cl. The van der Waals surface area contributed by atoms with Crippen molar-refractivity contribution >= 4 is 40.1 Å². The summed E-state index contributed by atoms with van der Waals surface area (Å²) in [6.07, 6.45) is 1.34. The number of amides is 1. The van der Waals surface area contributed by atoms with E-state index in [1.807, 2.05) is 13.8 Å². The Bertz CT molecular complexity index is 781. The number of aryl methyl sites for hydroxylation is 2. The third-order valence-electron chi connectivity index (χ3n) is 2.95. The number of nitrogens with zero attached hydrogens (tertiary/aromatic N) is 2. The smallest absolute Gasteiger partial charge is 0.324 e. The van der Waals surface area contributed by atoms with E-state index in [0.717, 1.165) is 22.5 Å². The molecule has 0 aliphatic carbocycles. The largest absolute Gasteiger partial charge is 0.484 e. The fraction of sp³-hybridized carbons (Fsp3) is 0.200. The van der Waals surface area contributed by atoms with Crippen molar-refractivity contribution < 1.29 is 14.5 Å². The first kappa shape index (κ1) is 17.9. The van der Waals surface area contributed by atoms with Gasteiger partial charge in [-0.05, 0) is 43.2 Å². The summed E-state index contributed by atoms with van der Waals surface area (Å²) in [7, 11) is 0. The summed E-state index contributed by atoms with van der Waals surface area (Å²) in [5.41, 5.74) is 4.03. The highest BCUT2D eigenvalue weighted by molar-refractivity contribution is 7.16. The van der Waals surface area contributed by atoms with E-state index in [1.165, 1.54) is 12.3 Å². The number of benzene rings is 1. The highest BCUT2D eigenvalue weighted by Crippen LogP contribution is 2.25. The highest BCUT2D eigenvalue weighted by Gasteiger charge is 2.08. The van der Waals surface area contributed by atoms with Gasteiger partial charge in [-0.1, -0.05) is 22.9 Å². The normalized spacial score (nSPS) is 10.8. The zero-order valence-electron chi connectivity index (χ0n) is 12.9. The molecule has 1 heterocycles. The maximum Gasteiger partial charge on any atom is 0.324 e. The van der Waals surface area contributed by atoms with Crippen LogP contribution in [0.25, 0.3) is 0 Å². The van der Waals surface area contributed by atoms with Gasteiger partial charge < -0.3 is 4.74 Å². The van der Waals surface area contributed by atoms with E-state index in [0.29, 0.717) is 15.6 Å². The van der Waals surface area contributed by atoms with Gasteiger partial charge in [0.05, 0.1) is 16.0 Å². The molecule has 2 rings (SSSR count). The minimum absolute atomic E-state index is 0.0135. The van der Waals surface area contributed by atoms with Crippen molar-refractivity contribution in [3.8, 4) is 5.75 Å². The monoisotopic (exact) mass is 367 g/mol. The number of thiophene rings is 1. The molecule has 0 aliphatic heterocycles. The minimum Gasteiger partial charge on any atom is -0.484 e. The first-order valence-corrected chi connectivity index (χ1v) is 8.02. The fourth-order valence-corrected chi connectivity index (χ4v) is 2.65. The molecule has 0 atom stereocenters. The summed E-state index contributed by atoms with van der Waals surface area (Å²) in [5.74, 6) is 0.102. The quantitative estimate of drug-likeness (QED) is 0.480. The molecule has 2 aromatic rings. The lowest BCUT2D eigenvalue weighted by atomic mass is 10.1. The van der Waals surface area contributed by atoms with E-state index in [2.05, 4.69) is 10.5 Å². The Morgan fingerprint density at radius 2 is 2.08 bits per heavy atom. The van der Waals surface area contributed by atoms with Crippen LogP contribution in [0.3, 0.4) is 0 Å². The topological polar surface area (TPSA) is 93.8 Å². The maximum atomic E-state index is 11.7. The van der Waals surface area contributed by atoms with Gasteiger partial charge in [-0.2, -0.15) is 5.10 Å². The van der Waals surface area contributed by atoms with Gasteiger partial charge in [0.15, 0.2) is 6.61 Å². The van der Waals surface area contributed by atoms with Crippen molar-refractivity contribution in [1.82, 2.24) is 5.43 Å². The number of carbonyl (C=O) groups excluding carboxylic acids is 1. The fourth-order valence-electron chi connectivity index (χ4n) is 1.85. The number of carbonyl (C=O) groups is 1. The van der Waals surface area contributed by atoms with Gasteiger partial charge in [0.25, 0.3) is 5.91 Å². The van der Waals surface area contributed by atoms with Crippen LogP contribution < -0.4 is 10.2 Å². The number of nitro groups is 1. The number of hydrazone groups is 1. The van der Waals surface area contributed by atoms with Gasteiger partial charge in [0, 0.05) is 11.1 Å². The van der Waals surface area contributed by atoms with Crippen LogP contribution in [-0.2, 0) is 4.79 Å². The average Bonchev–Trinajstić information content (AvgIpc) is 2.99. The first-order valence-electron chi connectivity index (χ1n) is 6.82. The predicted octanol–water partition coefficient (Wildman–Crippen LogP) is 3.46. The van der Waals surface area contributed by atoms with Gasteiger partial charge in [0.1, 0.15) is 5.75 Å². The Morgan fingerprint density at radius 3 is 2.67 bits per heavy atom. The molecule has 7 nitrogen and oxygen atoms in total. The Kier molecular flexibility index (Phi) is 5.88. The number of hydrogen-bond acceptors (Lipinski definition) is 6. The molecule has 0 radical (unpaired) electrons. The summed E-state index contributed by atoms with van der Waals surface area (Å²) < 4.78 is 5.39. The van der Waals surface area contributed by atoms with E-state index in [9.17, 15) is 14.9 Å². The molecule has 24 heavy (non-hydrogen) atoms. The Hall–Kier alpha value is -2.45. The van der Waals surface area contributed by atoms with E-state index in [1.54, 1.807) is 18.2 Å². The zero-order valence-corrected chi connectivity index (χ0v) is 14.5. The van der Waals surface area contributed by atoms with Crippen molar-refractivity contribution in [1.29, 1.82) is 0 Å². The average molecular weight is 368 g/mol. The summed E-state index contributed by atoms with van der Waals surface area (Å²) in [5, 5.41) is 15.0. The molecule has 0 bridgehead atoms. The van der Waals surface area contributed by atoms with Crippen LogP contribution in [0.2, 0.25) is 5.02 Å². The molecule has 1 N–H and O–H groups in total. The van der Waals surface area contributed by atoms with Crippen LogP contribution in [0.1, 0.15) is 16.0 Å². The van der Waals surface area contributed by atoms with Crippen LogP contribution in [0.5, 0.6) is 5.75 Å². The second kappa shape index (κ2) is 7.89. The van der Waals surface area contributed by atoms with Gasteiger partial charge in [-0.25, -0.2) is 5.43 Å². The molecule has 0 aliphatic rings. The maximum absolute atomic E-state index is 11.7. The van der Waals surface area contributed by atoms with Crippen LogP contribution in [0.4, 0.5) is 5.00 Å². The lowest BCUT2D eigenvalue weighted by Crippen LogP contribution is -2.24. The molecule has 1 aromatic carbocycles. The van der Waals surface area contributed by atoms with Crippen molar-refractivity contribution in [2.45, 2.75) is 13.8 Å². The number of nitrogens with one attached hydrogen (secondary N) is 1. The van der Waals surface area contributed by atoms with Crippen LogP contribution in [-0.4, -0.2) is 23.7 Å². The first-order chi connectivity index (χ1) is 11.4. The molecule has 0 fully saturated rings. The minimum atomic E-state index is -0.482. The molecule has 1 aromatic heterocycles. The lowest BCUT2D eigenvalue weighted by molar-refractivity contribution is -0.380. The second-order valence-corrected chi connectivity index (χ2v) is 6.36. The molecular formula is C15H14ClN3O4S. The summed E-state index contributed by atoms with van der Waals surface area (Å²) in [4.78, 5) is 22.3. The molecule has 0 saturated heterocycles. The predicted molar refractivity (Wildman–Crippen MR) is 93.1 cm³/mol. The van der Waals surface area contributed by atoms with Gasteiger partial charge in [0.2, 0.25) is 0 Å². The van der Waals surface area contributed by atoms with Gasteiger partial charge in [-0.3, -0.25) is 14.9 Å². The van der Waals surface area contributed by atoms with Crippen LogP contribution in [0.15, 0.2) is 29.4 Å². The van der Waals surface area contributed by atoms with Crippen LogP contribution >= 0.6 is 22.9 Å². The molecular weight excluding hydrogens is 354 g/mol. The Balaban J connectivity index is 1.85. The van der Waals surface area contributed by atoms with E-state index in [4.69, 9.17) is 16.3 Å². The zero-order chi connectivity index (χ0) is 17.7. The van der Waals surface area contributed by atoms with Crippen molar-refractivity contribution in [2.24, 2.45) is 5.10 Å². The molecule has 1 amide bonds. The van der Waals surface area contributed by atoms with Gasteiger partial charge >= 0.3 is 5.00 Å². The summed E-state index contributed by atoms with van der Waals surface area (Å²) in [6, 6.07) is 6.42. The third-order valence-corrected chi connectivity index (χ3v) is 4.52. The van der Waals surface area contributed by atoms with E-state index >= 15 is 0 Å². The third kappa shape index (κ3) is 4.77. The standard InChI is InChI=1S/C15H14ClN3O4S/c1-9-5-11(6-10(2)15(9)16)23-8-13(20)18-17-7-12-3-4-14(24-12)19(21)22/h3-7H,8H2,1-2H3,(H,18,20). The second-order valence-electron chi connectivity index (χ2n) is 4.89. The molecule has 0 spiro atoms. The van der Waals surface area contributed by atoms with E-state index in [-0.39, 0.29) is 11.6 Å². The summed E-state index contributed by atoms with van der Waals surface area (Å²) in [6.45, 7) is 3.50. The lowest BCUT2D eigenvalue weighted by Gasteiger charge is -2.09. The van der Waals surface area contributed by atoms with E-state index < -0.39 is 10.8 Å². The van der Waals surface area contributed by atoms with Crippen molar-refractivity contribution in [2.75, 3.05) is 6.61 Å². The number of ether oxygens (including phenoxy) is 1. The Morgan fingerprint density at radius 1 is 1.42 bits per heavy atom. The van der Waals surface area contributed by atoms with Crippen molar-refractivity contribution in [3.05, 3.63) is 55.4 Å². The summed E-state index contributed by atoms with van der Waals surface area (Å²) >= 11 is 7.03. The molecule has 126 valence electrons. The number of rotatable bonds is 6.